The van der Waals surface area contributed by atoms with Crippen LogP contribution in [0, 0.1) is 6.92 Å². The first kappa shape index (κ1) is 11.7. The number of hydrogen-bond acceptors (Lipinski definition) is 4. The van der Waals surface area contributed by atoms with Gasteiger partial charge in [0.2, 0.25) is 0 Å². The third-order valence-electron chi connectivity index (χ3n) is 2.52. The quantitative estimate of drug-likeness (QED) is 0.680. The zero-order chi connectivity index (χ0) is 11.5. The molecule has 1 atom stereocenters. The molecule has 1 heterocycles. The van der Waals surface area contributed by atoms with Gasteiger partial charge in [-0.05, 0) is 20.3 Å². The average molecular weight is 210 g/mol. The number of nitrogens with one attached hydrogen (secondary N) is 2. The molecule has 15 heavy (non-hydrogen) atoms. The first-order chi connectivity index (χ1) is 6.99. The van der Waals surface area contributed by atoms with Crippen molar-refractivity contribution in [3.05, 3.63) is 22.2 Å². The van der Waals surface area contributed by atoms with Crippen LogP contribution in [-0.4, -0.2) is 22.1 Å². The van der Waals surface area contributed by atoms with Crippen LogP contribution in [0.4, 0.5) is 5.82 Å². The lowest BCUT2D eigenvalue weighted by molar-refractivity contribution is 0.504. The third-order valence-corrected chi connectivity index (χ3v) is 2.52. The van der Waals surface area contributed by atoms with Crippen LogP contribution in [-0.2, 0) is 0 Å². The van der Waals surface area contributed by atoms with E-state index in [0.717, 1.165) is 6.42 Å². The summed E-state index contributed by atoms with van der Waals surface area (Å²) >= 11 is 0. The minimum absolute atomic E-state index is 0.152. The Bertz CT molecular complexity index is 381. The predicted octanol–water partition coefficient (Wildman–Crippen LogP) is 0.618. The zero-order valence-corrected chi connectivity index (χ0v) is 9.42. The summed E-state index contributed by atoms with van der Waals surface area (Å²) in [5, 5.41) is 3.18. The molecule has 5 heteroatoms. The van der Waals surface area contributed by atoms with E-state index in [4.69, 9.17) is 5.73 Å². The van der Waals surface area contributed by atoms with E-state index in [1.165, 1.54) is 6.07 Å². The van der Waals surface area contributed by atoms with E-state index in [2.05, 4.69) is 15.3 Å². The molecule has 0 amide bonds. The van der Waals surface area contributed by atoms with Crippen molar-refractivity contribution >= 4 is 5.82 Å². The molecule has 1 unspecified atom stereocenters. The fourth-order valence-electron chi connectivity index (χ4n) is 1.24. The molecule has 0 aliphatic carbocycles. The van der Waals surface area contributed by atoms with Crippen molar-refractivity contribution in [3.8, 4) is 0 Å². The maximum Gasteiger partial charge on any atom is 0.252 e. The smallest absolute Gasteiger partial charge is 0.252 e. The average Bonchev–Trinajstić information content (AvgIpc) is 2.16. The molecule has 0 aliphatic rings. The highest BCUT2D eigenvalue weighted by Crippen LogP contribution is 2.13. The van der Waals surface area contributed by atoms with Crippen molar-refractivity contribution in [2.45, 2.75) is 32.7 Å². The molecule has 0 aliphatic heterocycles. The Hall–Kier alpha value is -1.36. The van der Waals surface area contributed by atoms with Crippen molar-refractivity contribution in [2.24, 2.45) is 5.73 Å². The van der Waals surface area contributed by atoms with Crippen LogP contribution in [0.1, 0.15) is 26.1 Å². The van der Waals surface area contributed by atoms with Crippen LogP contribution in [0.2, 0.25) is 0 Å². The van der Waals surface area contributed by atoms with Crippen LogP contribution in [0.15, 0.2) is 10.9 Å². The summed E-state index contributed by atoms with van der Waals surface area (Å²) in [5.41, 5.74) is 5.30. The number of nitrogens with zero attached hydrogens (tertiary/aromatic N) is 1. The fraction of sp³-hybridized carbons (Fsp3) is 0.600. The third kappa shape index (κ3) is 3.06. The summed E-state index contributed by atoms with van der Waals surface area (Å²) in [6.07, 6.45) is 0.872. The zero-order valence-electron chi connectivity index (χ0n) is 9.42. The van der Waals surface area contributed by atoms with E-state index in [1.54, 1.807) is 6.92 Å². The summed E-state index contributed by atoms with van der Waals surface area (Å²) in [4.78, 5) is 18.0. The monoisotopic (exact) mass is 210 g/mol. The Kier molecular flexibility index (Phi) is 3.47. The molecular weight excluding hydrogens is 192 g/mol. The number of H-pyrrole nitrogens is 1. The van der Waals surface area contributed by atoms with Gasteiger partial charge in [-0.1, -0.05) is 6.92 Å². The lowest BCUT2D eigenvalue weighted by atomic mass is 9.99. The van der Waals surface area contributed by atoms with Gasteiger partial charge in [-0.15, -0.1) is 0 Å². The molecule has 5 nitrogen and oxygen atoms in total. The van der Waals surface area contributed by atoms with Crippen molar-refractivity contribution in [3.63, 3.8) is 0 Å². The molecule has 1 aromatic heterocycles. The van der Waals surface area contributed by atoms with Gasteiger partial charge in [-0.2, -0.15) is 0 Å². The van der Waals surface area contributed by atoms with Gasteiger partial charge in [0, 0.05) is 18.2 Å². The Labute approximate surface area is 89.1 Å². The molecule has 0 bridgehead atoms. The van der Waals surface area contributed by atoms with E-state index in [0.29, 0.717) is 18.2 Å². The molecular formula is C10H18N4O. The molecule has 0 aromatic carbocycles. The van der Waals surface area contributed by atoms with Gasteiger partial charge in [0.05, 0.1) is 0 Å². The minimum atomic E-state index is -0.215. The van der Waals surface area contributed by atoms with Gasteiger partial charge < -0.3 is 16.0 Å². The number of rotatable bonds is 4. The maximum absolute atomic E-state index is 11.2. The molecule has 0 radical (unpaired) electrons. The summed E-state index contributed by atoms with van der Waals surface area (Å²) < 4.78 is 0. The van der Waals surface area contributed by atoms with Crippen LogP contribution >= 0.6 is 0 Å². The van der Waals surface area contributed by atoms with E-state index < -0.39 is 0 Å². The van der Waals surface area contributed by atoms with Gasteiger partial charge in [0.25, 0.3) is 5.56 Å². The Morgan fingerprint density at radius 1 is 1.67 bits per heavy atom. The molecule has 0 saturated heterocycles. The molecule has 1 rings (SSSR count). The highest BCUT2D eigenvalue weighted by atomic mass is 16.1. The van der Waals surface area contributed by atoms with E-state index >= 15 is 0 Å². The predicted molar refractivity (Wildman–Crippen MR) is 61.0 cm³/mol. The first-order valence-corrected chi connectivity index (χ1v) is 5.05. The Morgan fingerprint density at radius 2 is 2.33 bits per heavy atom. The van der Waals surface area contributed by atoms with Crippen LogP contribution < -0.4 is 16.6 Å². The second-order valence-electron chi connectivity index (χ2n) is 3.96. The maximum atomic E-state index is 11.2. The second kappa shape index (κ2) is 4.44. The largest absolute Gasteiger partial charge is 0.363 e. The number of aromatic nitrogens is 2. The number of hydrogen-bond donors (Lipinski definition) is 3. The summed E-state index contributed by atoms with van der Waals surface area (Å²) in [5.74, 6) is 1.17. The molecule has 0 spiro atoms. The number of nitrogens with two attached hydrogens (primary N) is 1. The van der Waals surface area contributed by atoms with Gasteiger partial charge in [-0.3, -0.25) is 4.79 Å². The van der Waals surface area contributed by atoms with E-state index in [1.807, 2.05) is 13.8 Å². The molecule has 0 saturated carbocycles. The van der Waals surface area contributed by atoms with Crippen molar-refractivity contribution in [1.82, 2.24) is 9.97 Å². The van der Waals surface area contributed by atoms with Gasteiger partial charge in [-0.25, -0.2) is 4.98 Å². The second-order valence-corrected chi connectivity index (χ2v) is 3.96. The van der Waals surface area contributed by atoms with Gasteiger partial charge in [0.1, 0.15) is 11.6 Å². The lowest BCUT2D eigenvalue weighted by Gasteiger charge is -2.28. The van der Waals surface area contributed by atoms with E-state index in [-0.39, 0.29) is 11.1 Å². The molecule has 1 aromatic rings. The van der Waals surface area contributed by atoms with Crippen LogP contribution in [0.3, 0.4) is 0 Å². The van der Waals surface area contributed by atoms with Crippen molar-refractivity contribution in [2.75, 3.05) is 11.9 Å². The number of aryl methyl sites for hydroxylation is 1. The highest BCUT2D eigenvalue weighted by Gasteiger charge is 2.20. The summed E-state index contributed by atoms with van der Waals surface area (Å²) in [6, 6.07) is 1.44. The standard InChI is InChI=1S/C10H18N4O/c1-4-10(3,6-11)14-8-5-9(15)13-7(2)12-8/h5H,4,6,11H2,1-3H3,(H2,12,13,14,15). The Morgan fingerprint density at radius 3 is 2.80 bits per heavy atom. The topological polar surface area (TPSA) is 83.8 Å². The molecule has 84 valence electrons. The van der Waals surface area contributed by atoms with Gasteiger partial charge in [0.15, 0.2) is 0 Å². The first-order valence-electron chi connectivity index (χ1n) is 5.05. The van der Waals surface area contributed by atoms with Crippen molar-refractivity contribution in [1.29, 1.82) is 0 Å². The van der Waals surface area contributed by atoms with Crippen molar-refractivity contribution < 1.29 is 0 Å². The fourth-order valence-corrected chi connectivity index (χ4v) is 1.24. The van der Waals surface area contributed by atoms with Gasteiger partial charge >= 0.3 is 0 Å². The summed E-state index contributed by atoms with van der Waals surface area (Å²) in [6.45, 7) is 6.29. The minimum Gasteiger partial charge on any atom is -0.363 e. The van der Waals surface area contributed by atoms with E-state index in [9.17, 15) is 4.79 Å². The Balaban J connectivity index is 2.93. The molecule has 4 N–H and O–H groups in total. The normalized spacial score (nSPS) is 14.7. The molecule has 0 fully saturated rings. The lowest BCUT2D eigenvalue weighted by Crippen LogP contribution is -2.42. The number of aromatic amines is 1. The number of anilines is 1. The SMILES string of the molecule is CCC(C)(CN)Nc1cc(=O)[nH]c(C)n1. The summed E-state index contributed by atoms with van der Waals surface area (Å²) in [7, 11) is 0. The van der Waals surface area contributed by atoms with Crippen LogP contribution in [0.5, 0.6) is 0 Å². The highest BCUT2D eigenvalue weighted by molar-refractivity contribution is 5.36. The van der Waals surface area contributed by atoms with Crippen LogP contribution in [0.25, 0.3) is 0 Å².